The third-order valence-corrected chi connectivity index (χ3v) is 2.53. The Hall–Kier alpha value is -2.84. The van der Waals surface area contributed by atoms with E-state index in [1.807, 2.05) is 0 Å². The molecule has 0 fully saturated rings. The molecule has 0 saturated heterocycles. The summed E-state index contributed by atoms with van der Waals surface area (Å²) < 4.78 is 40.0. The zero-order valence-corrected chi connectivity index (χ0v) is 11.0. The second-order valence-corrected chi connectivity index (χ2v) is 4.13. The number of amides is 1. The molecule has 0 aliphatic carbocycles. The third-order valence-electron chi connectivity index (χ3n) is 2.53. The number of carboxylic acid groups (broad SMARTS) is 1. The van der Waals surface area contributed by atoms with Gasteiger partial charge in [-0.15, -0.1) is 13.2 Å². The standard InChI is InChI=1S/C13H10F3N3O3/c14-13(15,16)22-10-3-1-8(2-4-10)11-5-9(18-7-19-11)6-17-12(20)21/h1-5,7,17H,6H2,(H,20,21). The van der Waals surface area contributed by atoms with E-state index in [9.17, 15) is 18.0 Å². The van der Waals surface area contributed by atoms with Gasteiger partial charge in [0, 0.05) is 5.56 Å². The predicted molar refractivity (Wildman–Crippen MR) is 69.0 cm³/mol. The average molecular weight is 313 g/mol. The Morgan fingerprint density at radius 2 is 1.91 bits per heavy atom. The predicted octanol–water partition coefficient (Wildman–Crippen LogP) is 2.81. The maximum Gasteiger partial charge on any atom is 0.573 e. The van der Waals surface area contributed by atoms with Crippen molar-refractivity contribution in [3.05, 3.63) is 42.4 Å². The fraction of sp³-hybridized carbons (Fsp3) is 0.154. The Kier molecular flexibility index (Phi) is 4.44. The van der Waals surface area contributed by atoms with Crippen molar-refractivity contribution in [2.24, 2.45) is 0 Å². The quantitative estimate of drug-likeness (QED) is 0.906. The maximum absolute atomic E-state index is 12.1. The smallest absolute Gasteiger partial charge is 0.465 e. The number of nitrogens with zero attached hydrogens (tertiary/aromatic N) is 2. The summed E-state index contributed by atoms with van der Waals surface area (Å²) in [5.74, 6) is -0.335. The van der Waals surface area contributed by atoms with Gasteiger partial charge in [0.05, 0.1) is 17.9 Å². The number of nitrogens with one attached hydrogen (secondary N) is 1. The summed E-state index contributed by atoms with van der Waals surface area (Å²) in [4.78, 5) is 18.3. The van der Waals surface area contributed by atoms with Crippen LogP contribution < -0.4 is 10.1 Å². The molecule has 0 saturated carbocycles. The highest BCUT2D eigenvalue weighted by atomic mass is 19.4. The number of hydrogen-bond donors (Lipinski definition) is 2. The normalized spacial score (nSPS) is 11.0. The summed E-state index contributed by atoms with van der Waals surface area (Å²) in [7, 11) is 0. The van der Waals surface area contributed by atoms with Crippen molar-refractivity contribution >= 4 is 6.09 Å². The number of carbonyl (C=O) groups is 1. The van der Waals surface area contributed by atoms with Crippen LogP contribution in [0.4, 0.5) is 18.0 Å². The second-order valence-electron chi connectivity index (χ2n) is 4.13. The Balaban J connectivity index is 2.14. The Labute approximate surface area is 122 Å². The van der Waals surface area contributed by atoms with Gasteiger partial charge >= 0.3 is 12.5 Å². The van der Waals surface area contributed by atoms with Gasteiger partial charge in [-0.05, 0) is 30.3 Å². The van der Waals surface area contributed by atoms with E-state index in [2.05, 4.69) is 20.0 Å². The number of benzene rings is 1. The van der Waals surface area contributed by atoms with Crippen LogP contribution in [0.25, 0.3) is 11.3 Å². The number of halogens is 3. The second kappa shape index (κ2) is 6.29. The minimum Gasteiger partial charge on any atom is -0.465 e. The molecule has 1 aromatic carbocycles. The Morgan fingerprint density at radius 1 is 1.23 bits per heavy atom. The molecular formula is C13H10F3N3O3. The van der Waals surface area contributed by atoms with Gasteiger partial charge in [0.15, 0.2) is 0 Å². The summed E-state index contributed by atoms with van der Waals surface area (Å²) in [5.41, 5.74) is 1.44. The van der Waals surface area contributed by atoms with Gasteiger partial charge < -0.3 is 15.2 Å². The lowest BCUT2D eigenvalue weighted by Gasteiger charge is -2.09. The molecule has 0 bridgehead atoms. The van der Waals surface area contributed by atoms with Crippen LogP contribution >= 0.6 is 0 Å². The van der Waals surface area contributed by atoms with Crippen molar-refractivity contribution < 1.29 is 27.8 Å². The van der Waals surface area contributed by atoms with E-state index in [0.29, 0.717) is 17.0 Å². The molecule has 9 heteroatoms. The lowest BCUT2D eigenvalue weighted by Crippen LogP contribution is -2.20. The molecule has 0 aliphatic heterocycles. The Morgan fingerprint density at radius 3 is 2.50 bits per heavy atom. The fourth-order valence-electron chi connectivity index (χ4n) is 1.65. The van der Waals surface area contributed by atoms with Gasteiger partial charge in [0.1, 0.15) is 12.1 Å². The van der Waals surface area contributed by atoms with Crippen molar-refractivity contribution in [1.29, 1.82) is 0 Å². The van der Waals surface area contributed by atoms with Crippen LogP contribution in [0.15, 0.2) is 36.7 Å². The first-order valence-electron chi connectivity index (χ1n) is 5.97. The van der Waals surface area contributed by atoms with E-state index >= 15 is 0 Å². The van der Waals surface area contributed by atoms with Crippen LogP contribution in [-0.4, -0.2) is 27.5 Å². The molecule has 2 aromatic rings. The third kappa shape index (κ3) is 4.62. The highest BCUT2D eigenvalue weighted by Crippen LogP contribution is 2.25. The first-order chi connectivity index (χ1) is 10.3. The van der Waals surface area contributed by atoms with E-state index < -0.39 is 12.5 Å². The van der Waals surface area contributed by atoms with E-state index in [-0.39, 0.29) is 12.3 Å². The molecule has 2 N–H and O–H groups in total. The maximum atomic E-state index is 12.1. The first kappa shape index (κ1) is 15.5. The van der Waals surface area contributed by atoms with Crippen LogP contribution in [-0.2, 0) is 6.54 Å². The number of aromatic nitrogens is 2. The number of alkyl halides is 3. The van der Waals surface area contributed by atoms with Gasteiger partial charge in [-0.2, -0.15) is 0 Å². The molecule has 1 amide bonds. The average Bonchev–Trinajstić information content (AvgIpc) is 2.44. The molecule has 1 aromatic heterocycles. The van der Waals surface area contributed by atoms with E-state index in [0.717, 1.165) is 0 Å². The lowest BCUT2D eigenvalue weighted by atomic mass is 10.1. The molecule has 116 valence electrons. The van der Waals surface area contributed by atoms with Gasteiger partial charge in [0.2, 0.25) is 0 Å². The van der Waals surface area contributed by atoms with Crippen molar-refractivity contribution in [2.45, 2.75) is 12.9 Å². The topological polar surface area (TPSA) is 84.3 Å². The monoisotopic (exact) mass is 313 g/mol. The zero-order chi connectivity index (χ0) is 16.2. The summed E-state index contributed by atoms with van der Waals surface area (Å²) in [5, 5.41) is 10.7. The minimum atomic E-state index is -4.74. The van der Waals surface area contributed by atoms with Crippen LogP contribution in [0.5, 0.6) is 5.75 Å². The molecular weight excluding hydrogens is 303 g/mol. The molecule has 0 aliphatic rings. The summed E-state index contributed by atoms with van der Waals surface area (Å²) in [6.07, 6.45) is -4.69. The summed E-state index contributed by atoms with van der Waals surface area (Å²) in [6, 6.07) is 6.70. The van der Waals surface area contributed by atoms with Crippen LogP contribution in [0.1, 0.15) is 5.69 Å². The van der Waals surface area contributed by atoms with Gasteiger partial charge in [-0.1, -0.05) is 0 Å². The minimum absolute atomic E-state index is 0.000121. The van der Waals surface area contributed by atoms with Gasteiger partial charge in [-0.25, -0.2) is 14.8 Å². The SMILES string of the molecule is O=C(O)NCc1cc(-c2ccc(OC(F)(F)F)cc2)ncn1. The van der Waals surface area contributed by atoms with Crippen molar-refractivity contribution in [2.75, 3.05) is 0 Å². The number of rotatable bonds is 4. The molecule has 6 nitrogen and oxygen atoms in total. The molecule has 0 spiro atoms. The summed E-state index contributed by atoms with van der Waals surface area (Å²) >= 11 is 0. The van der Waals surface area contributed by atoms with Crippen LogP contribution in [0, 0.1) is 0 Å². The van der Waals surface area contributed by atoms with Gasteiger partial charge in [0.25, 0.3) is 0 Å². The van der Waals surface area contributed by atoms with Crippen molar-refractivity contribution in [3.63, 3.8) is 0 Å². The molecule has 1 heterocycles. The van der Waals surface area contributed by atoms with E-state index in [4.69, 9.17) is 5.11 Å². The molecule has 2 rings (SSSR count). The van der Waals surface area contributed by atoms with Crippen molar-refractivity contribution in [1.82, 2.24) is 15.3 Å². The zero-order valence-electron chi connectivity index (χ0n) is 11.0. The lowest BCUT2D eigenvalue weighted by molar-refractivity contribution is -0.274. The van der Waals surface area contributed by atoms with Crippen LogP contribution in [0.3, 0.4) is 0 Å². The highest BCUT2D eigenvalue weighted by molar-refractivity contribution is 5.64. The van der Waals surface area contributed by atoms with E-state index in [1.54, 1.807) is 0 Å². The number of hydrogen-bond acceptors (Lipinski definition) is 4. The van der Waals surface area contributed by atoms with Crippen molar-refractivity contribution in [3.8, 4) is 17.0 Å². The molecule has 0 radical (unpaired) electrons. The summed E-state index contributed by atoms with van der Waals surface area (Å²) in [6.45, 7) is 0.000121. The van der Waals surface area contributed by atoms with Gasteiger partial charge in [-0.3, -0.25) is 0 Å². The largest absolute Gasteiger partial charge is 0.573 e. The highest BCUT2D eigenvalue weighted by Gasteiger charge is 2.30. The van der Waals surface area contributed by atoms with Crippen LogP contribution in [0.2, 0.25) is 0 Å². The Bertz CT molecular complexity index is 660. The first-order valence-corrected chi connectivity index (χ1v) is 5.97. The molecule has 0 unspecified atom stereocenters. The van der Waals surface area contributed by atoms with E-state index in [1.165, 1.54) is 36.7 Å². The fourth-order valence-corrected chi connectivity index (χ4v) is 1.65. The molecule has 22 heavy (non-hydrogen) atoms. The number of ether oxygens (including phenoxy) is 1. The molecule has 0 atom stereocenters.